The Hall–Kier alpha value is -3.36. The molecule has 0 radical (unpaired) electrons. The zero-order chi connectivity index (χ0) is 27.7. The Bertz CT molecular complexity index is 1300. The topological polar surface area (TPSA) is 86.8 Å². The summed E-state index contributed by atoms with van der Waals surface area (Å²) in [6, 6.07) is 22.8. The number of carbonyl (C=O) groups excluding carboxylic acids is 2. The summed E-state index contributed by atoms with van der Waals surface area (Å²) < 4.78 is 28.6. The van der Waals surface area contributed by atoms with Gasteiger partial charge in [0.15, 0.2) is 0 Å². The number of anilines is 1. The molecule has 0 spiro atoms. The number of halogens is 1. The minimum absolute atomic E-state index is 0.00900. The van der Waals surface area contributed by atoms with E-state index >= 15 is 0 Å². The molecule has 0 saturated carbocycles. The van der Waals surface area contributed by atoms with Crippen LogP contribution < -0.4 is 9.62 Å². The first-order chi connectivity index (χ1) is 18.2. The highest BCUT2D eigenvalue weighted by atomic mass is 35.5. The van der Waals surface area contributed by atoms with E-state index in [0.29, 0.717) is 17.1 Å². The zero-order valence-corrected chi connectivity index (χ0v) is 23.5. The SMILES string of the molecule is CC[C@@H](C)NC(=O)[C@@H](CC)N(Cc1ccccc1)C(=O)CN(c1ccccc1)S(=O)(=O)c1ccc(Cl)cc1. The van der Waals surface area contributed by atoms with Crippen molar-refractivity contribution in [2.45, 2.75) is 57.1 Å². The first-order valence-electron chi connectivity index (χ1n) is 12.6. The molecule has 3 rings (SSSR count). The largest absolute Gasteiger partial charge is 0.352 e. The Kier molecular flexibility index (Phi) is 10.3. The maximum absolute atomic E-state index is 13.9. The van der Waals surface area contributed by atoms with E-state index in [4.69, 9.17) is 11.6 Å². The molecule has 0 aliphatic rings. The lowest BCUT2D eigenvalue weighted by Crippen LogP contribution is -2.53. The van der Waals surface area contributed by atoms with Crippen molar-refractivity contribution in [1.82, 2.24) is 10.2 Å². The molecule has 38 heavy (non-hydrogen) atoms. The number of nitrogens with one attached hydrogen (secondary N) is 1. The van der Waals surface area contributed by atoms with Gasteiger partial charge in [-0.2, -0.15) is 0 Å². The molecule has 0 heterocycles. The number of rotatable bonds is 12. The second kappa shape index (κ2) is 13.4. The van der Waals surface area contributed by atoms with Crippen LogP contribution in [0, 0.1) is 0 Å². The standard InChI is InChI=1S/C29H34ClN3O4S/c1-4-22(3)31-29(35)27(5-2)32(20-23-12-8-6-9-13-23)28(34)21-33(25-14-10-7-11-15-25)38(36,37)26-18-16-24(30)17-19-26/h6-19,22,27H,4-5,20-21H2,1-3H3,(H,31,35)/t22-,27-/m1/s1. The van der Waals surface area contributed by atoms with E-state index in [0.717, 1.165) is 16.3 Å². The first-order valence-corrected chi connectivity index (χ1v) is 14.5. The first kappa shape index (κ1) is 29.2. The molecule has 0 unspecified atom stereocenters. The molecule has 1 N–H and O–H groups in total. The van der Waals surface area contributed by atoms with Crippen LogP contribution in [0.1, 0.15) is 39.2 Å². The Labute approximate surface area is 230 Å². The fourth-order valence-corrected chi connectivity index (χ4v) is 5.54. The number of benzene rings is 3. The molecule has 0 fully saturated rings. The quantitative estimate of drug-likeness (QED) is 0.330. The highest BCUT2D eigenvalue weighted by Crippen LogP contribution is 2.25. The zero-order valence-electron chi connectivity index (χ0n) is 21.9. The third-order valence-electron chi connectivity index (χ3n) is 6.31. The van der Waals surface area contributed by atoms with Crippen molar-refractivity contribution in [1.29, 1.82) is 0 Å². The molecule has 0 bridgehead atoms. The normalized spacial score (nSPS) is 12.8. The molecular formula is C29H34ClN3O4S. The molecular weight excluding hydrogens is 522 g/mol. The van der Waals surface area contributed by atoms with Crippen LogP contribution in [-0.4, -0.2) is 43.8 Å². The van der Waals surface area contributed by atoms with Crippen LogP contribution >= 0.6 is 11.6 Å². The van der Waals surface area contributed by atoms with Crippen LogP contribution in [0.15, 0.2) is 89.8 Å². The molecule has 7 nitrogen and oxygen atoms in total. The maximum atomic E-state index is 13.9. The summed E-state index contributed by atoms with van der Waals surface area (Å²) in [5.41, 5.74) is 1.18. The van der Waals surface area contributed by atoms with Gasteiger partial charge in [-0.15, -0.1) is 0 Å². The lowest BCUT2D eigenvalue weighted by Gasteiger charge is -2.33. The van der Waals surface area contributed by atoms with Gasteiger partial charge in [0, 0.05) is 17.6 Å². The molecule has 0 aliphatic heterocycles. The average molecular weight is 556 g/mol. The van der Waals surface area contributed by atoms with Crippen LogP contribution in [0.25, 0.3) is 0 Å². The Morgan fingerprint density at radius 1 is 0.868 bits per heavy atom. The van der Waals surface area contributed by atoms with Gasteiger partial charge in [-0.25, -0.2) is 8.42 Å². The van der Waals surface area contributed by atoms with Gasteiger partial charge in [0.25, 0.3) is 10.0 Å². The van der Waals surface area contributed by atoms with Crippen molar-refractivity contribution in [3.63, 3.8) is 0 Å². The van der Waals surface area contributed by atoms with Crippen molar-refractivity contribution in [2.75, 3.05) is 10.8 Å². The second-order valence-electron chi connectivity index (χ2n) is 9.05. The van der Waals surface area contributed by atoms with Crippen LogP contribution in [0.3, 0.4) is 0 Å². The highest BCUT2D eigenvalue weighted by Gasteiger charge is 2.33. The van der Waals surface area contributed by atoms with Crippen LogP contribution in [0.2, 0.25) is 5.02 Å². The molecule has 3 aromatic rings. The van der Waals surface area contributed by atoms with Gasteiger partial charge in [-0.3, -0.25) is 13.9 Å². The van der Waals surface area contributed by atoms with Gasteiger partial charge in [0.1, 0.15) is 12.6 Å². The second-order valence-corrected chi connectivity index (χ2v) is 11.3. The number of sulfonamides is 1. The van der Waals surface area contributed by atoms with Crippen LogP contribution in [0.4, 0.5) is 5.69 Å². The Morgan fingerprint density at radius 3 is 2.00 bits per heavy atom. The lowest BCUT2D eigenvalue weighted by atomic mass is 10.1. The van der Waals surface area contributed by atoms with Crippen molar-refractivity contribution in [3.8, 4) is 0 Å². The van der Waals surface area contributed by atoms with Gasteiger partial charge in [-0.05, 0) is 61.7 Å². The number of para-hydroxylation sites is 1. The fraction of sp³-hybridized carbons (Fsp3) is 0.310. The minimum atomic E-state index is -4.12. The van der Waals surface area contributed by atoms with E-state index in [1.807, 2.05) is 51.1 Å². The fourth-order valence-electron chi connectivity index (χ4n) is 4.00. The molecule has 0 aliphatic carbocycles. The number of amides is 2. The summed E-state index contributed by atoms with van der Waals surface area (Å²) in [5.74, 6) is -0.751. The lowest BCUT2D eigenvalue weighted by molar-refractivity contribution is -0.140. The number of hydrogen-bond acceptors (Lipinski definition) is 4. The minimum Gasteiger partial charge on any atom is -0.352 e. The van der Waals surface area contributed by atoms with Crippen molar-refractivity contribution < 1.29 is 18.0 Å². The molecule has 0 saturated heterocycles. The van der Waals surface area contributed by atoms with Gasteiger partial charge >= 0.3 is 0 Å². The smallest absolute Gasteiger partial charge is 0.264 e. The van der Waals surface area contributed by atoms with E-state index in [9.17, 15) is 18.0 Å². The van der Waals surface area contributed by atoms with Crippen molar-refractivity contribution in [3.05, 3.63) is 95.5 Å². The van der Waals surface area contributed by atoms with Gasteiger partial charge < -0.3 is 10.2 Å². The van der Waals surface area contributed by atoms with Gasteiger partial charge in [0.05, 0.1) is 10.6 Å². The summed E-state index contributed by atoms with van der Waals surface area (Å²) >= 11 is 5.98. The van der Waals surface area contributed by atoms with Crippen molar-refractivity contribution in [2.24, 2.45) is 0 Å². The molecule has 0 aromatic heterocycles. The third kappa shape index (κ3) is 7.36. The van der Waals surface area contributed by atoms with Gasteiger partial charge in [-0.1, -0.05) is 74.0 Å². The highest BCUT2D eigenvalue weighted by molar-refractivity contribution is 7.92. The van der Waals surface area contributed by atoms with Gasteiger partial charge in [0.2, 0.25) is 11.8 Å². The summed E-state index contributed by atoms with van der Waals surface area (Å²) in [4.78, 5) is 28.7. The van der Waals surface area contributed by atoms with Crippen LogP contribution in [0.5, 0.6) is 0 Å². The van der Waals surface area contributed by atoms with Crippen molar-refractivity contribution >= 4 is 39.1 Å². The molecule has 2 atom stereocenters. The van der Waals surface area contributed by atoms with Crippen LogP contribution in [-0.2, 0) is 26.2 Å². The molecule has 202 valence electrons. The maximum Gasteiger partial charge on any atom is 0.264 e. The molecule has 3 aromatic carbocycles. The monoisotopic (exact) mass is 555 g/mol. The summed E-state index contributed by atoms with van der Waals surface area (Å²) in [6.45, 7) is 5.40. The molecule has 2 amide bonds. The van der Waals surface area contributed by atoms with E-state index in [1.54, 1.807) is 30.3 Å². The molecule has 9 heteroatoms. The summed E-state index contributed by atoms with van der Waals surface area (Å²) in [6.07, 6.45) is 1.12. The van der Waals surface area contributed by atoms with E-state index in [2.05, 4.69) is 5.32 Å². The predicted octanol–water partition coefficient (Wildman–Crippen LogP) is 5.26. The van der Waals surface area contributed by atoms with E-state index in [-0.39, 0.29) is 23.4 Å². The number of carbonyl (C=O) groups is 2. The number of nitrogens with zero attached hydrogens (tertiary/aromatic N) is 2. The van der Waals surface area contributed by atoms with E-state index in [1.165, 1.54) is 29.2 Å². The predicted molar refractivity (Wildman–Crippen MR) is 151 cm³/mol. The summed E-state index contributed by atoms with van der Waals surface area (Å²) in [7, 11) is -4.12. The van der Waals surface area contributed by atoms with E-state index < -0.39 is 28.5 Å². The Morgan fingerprint density at radius 2 is 1.45 bits per heavy atom. The third-order valence-corrected chi connectivity index (χ3v) is 8.35. The number of hydrogen-bond donors (Lipinski definition) is 1. The summed E-state index contributed by atoms with van der Waals surface area (Å²) in [5, 5.41) is 3.37. The average Bonchev–Trinajstić information content (AvgIpc) is 2.92. The Balaban J connectivity index is 2.01.